The molecule has 1 atom stereocenters. The molecule has 3 heteroatoms. The van der Waals surface area contributed by atoms with Crippen molar-refractivity contribution in [3.63, 3.8) is 0 Å². The zero-order valence-corrected chi connectivity index (χ0v) is 10.9. The fourth-order valence-corrected chi connectivity index (χ4v) is 2.94. The zero-order chi connectivity index (χ0) is 10.8. The topological polar surface area (TPSA) is 0 Å². The van der Waals surface area contributed by atoms with Crippen LogP contribution in [0.3, 0.4) is 0 Å². The van der Waals surface area contributed by atoms with E-state index in [4.69, 9.17) is 22.2 Å². The first-order chi connectivity index (χ1) is 7.20. The van der Waals surface area contributed by atoms with Gasteiger partial charge in [0, 0.05) is 5.54 Å². The highest BCUT2D eigenvalue weighted by molar-refractivity contribution is 7.34. The summed E-state index contributed by atoms with van der Waals surface area (Å²) in [5.41, 5.74) is 1.51. The average molecular weight is 254 g/mol. The van der Waals surface area contributed by atoms with Gasteiger partial charge in [0.15, 0.2) is 0 Å². The minimum atomic E-state index is -1.31. The smallest absolute Gasteiger partial charge is 0.146 e. The Kier molecular flexibility index (Phi) is 3.34. The molecular weight excluding hydrogens is 243 g/mol. The summed E-state index contributed by atoms with van der Waals surface area (Å²) in [6, 6.07) is 14.6. The first-order valence-electron chi connectivity index (χ1n) is 4.85. The lowest BCUT2D eigenvalue weighted by Gasteiger charge is -2.13. The molecule has 0 aliphatic carbocycles. The van der Waals surface area contributed by atoms with Crippen LogP contribution in [-0.4, -0.2) is 7.42 Å². The summed E-state index contributed by atoms with van der Waals surface area (Å²) in [4.78, 5) is 0. The Morgan fingerprint density at radius 1 is 1.00 bits per heavy atom. The first kappa shape index (κ1) is 11.0. The third-order valence-electron chi connectivity index (χ3n) is 2.62. The van der Waals surface area contributed by atoms with Crippen molar-refractivity contribution in [3.8, 4) is 0 Å². The monoisotopic (exact) mass is 253 g/mol. The van der Waals surface area contributed by atoms with Crippen LogP contribution in [0, 0.1) is 0 Å². The number of halogens is 2. The number of hydrogen-bond donors (Lipinski definition) is 0. The van der Waals surface area contributed by atoms with Gasteiger partial charge in [-0.15, -0.1) is 22.2 Å². The van der Waals surface area contributed by atoms with Gasteiger partial charge in [0.1, 0.15) is 0 Å². The van der Waals surface area contributed by atoms with Crippen LogP contribution in [0.25, 0.3) is 10.8 Å². The molecule has 0 saturated carbocycles. The maximum Gasteiger partial charge on any atom is 0.281 e. The van der Waals surface area contributed by atoms with E-state index in [0.717, 1.165) is 0 Å². The van der Waals surface area contributed by atoms with Gasteiger partial charge in [0.25, 0.3) is 7.42 Å². The van der Waals surface area contributed by atoms with E-state index in [9.17, 15) is 0 Å². The van der Waals surface area contributed by atoms with Gasteiger partial charge in [-0.2, -0.15) is 0 Å². The Hall–Kier alpha value is -0.503. The van der Waals surface area contributed by atoms with Crippen molar-refractivity contribution in [2.45, 2.75) is 12.5 Å². The molecule has 0 amide bonds. The summed E-state index contributed by atoms with van der Waals surface area (Å²) >= 11 is 12.1. The van der Waals surface area contributed by atoms with E-state index < -0.39 is 7.42 Å². The van der Waals surface area contributed by atoms with E-state index in [2.05, 4.69) is 37.3 Å². The molecule has 0 saturated heterocycles. The number of rotatable bonds is 2. The van der Waals surface area contributed by atoms with Crippen molar-refractivity contribution in [2.24, 2.45) is 0 Å². The molecule has 2 rings (SSSR count). The summed E-state index contributed by atoms with van der Waals surface area (Å²) in [6.07, 6.45) is 0. The van der Waals surface area contributed by atoms with Gasteiger partial charge >= 0.3 is 0 Å². The van der Waals surface area contributed by atoms with Crippen LogP contribution in [0.4, 0.5) is 0 Å². The van der Waals surface area contributed by atoms with Crippen LogP contribution in [0.1, 0.15) is 18.0 Å². The summed E-state index contributed by atoms with van der Waals surface area (Å²) < 4.78 is 0. The number of hydrogen-bond acceptors (Lipinski definition) is 0. The molecule has 0 nitrogen and oxygen atoms in total. The maximum atomic E-state index is 6.03. The minimum Gasteiger partial charge on any atom is -0.146 e. The lowest BCUT2D eigenvalue weighted by Crippen LogP contribution is -2.07. The van der Waals surface area contributed by atoms with Crippen LogP contribution < -0.4 is 0 Å². The molecular formula is C12H11Cl2Si. The quantitative estimate of drug-likeness (QED) is 0.548. The van der Waals surface area contributed by atoms with Crippen molar-refractivity contribution < 1.29 is 0 Å². The third kappa shape index (κ3) is 2.20. The van der Waals surface area contributed by atoms with Crippen molar-refractivity contribution in [1.29, 1.82) is 0 Å². The van der Waals surface area contributed by atoms with E-state index in [1.165, 1.54) is 16.3 Å². The fraction of sp³-hybridized carbons (Fsp3) is 0.167. The number of benzene rings is 2. The van der Waals surface area contributed by atoms with Crippen LogP contribution in [0.5, 0.6) is 0 Å². The molecule has 0 fully saturated rings. The normalized spacial score (nSPS) is 13.3. The van der Waals surface area contributed by atoms with Crippen molar-refractivity contribution in [3.05, 3.63) is 48.0 Å². The molecule has 0 aliphatic heterocycles. The Morgan fingerprint density at radius 3 is 2.40 bits per heavy atom. The Bertz CT molecular complexity index is 463. The Morgan fingerprint density at radius 2 is 1.67 bits per heavy atom. The lowest BCUT2D eigenvalue weighted by atomic mass is 10.0. The van der Waals surface area contributed by atoms with Crippen LogP contribution in [0.15, 0.2) is 42.5 Å². The van der Waals surface area contributed by atoms with E-state index >= 15 is 0 Å². The third-order valence-corrected chi connectivity index (χ3v) is 5.55. The van der Waals surface area contributed by atoms with Gasteiger partial charge in [-0.05, 0) is 16.3 Å². The molecule has 0 bridgehead atoms. The van der Waals surface area contributed by atoms with Gasteiger partial charge < -0.3 is 0 Å². The molecule has 2 aromatic rings. The highest BCUT2D eigenvalue weighted by Crippen LogP contribution is 2.29. The van der Waals surface area contributed by atoms with Gasteiger partial charge in [-0.3, -0.25) is 0 Å². The molecule has 1 unspecified atom stereocenters. The maximum absolute atomic E-state index is 6.03. The van der Waals surface area contributed by atoms with Crippen LogP contribution >= 0.6 is 22.2 Å². The molecule has 1 radical (unpaired) electrons. The van der Waals surface area contributed by atoms with E-state index in [1.54, 1.807) is 0 Å². The van der Waals surface area contributed by atoms with Gasteiger partial charge in [0.05, 0.1) is 0 Å². The second-order valence-electron chi connectivity index (χ2n) is 3.58. The molecule has 0 aliphatic rings. The second-order valence-corrected chi connectivity index (χ2v) is 8.05. The Labute approximate surface area is 101 Å². The summed E-state index contributed by atoms with van der Waals surface area (Å²) in [6.45, 7) is 2.09. The molecule has 0 aromatic heterocycles. The first-order valence-corrected chi connectivity index (χ1v) is 8.46. The van der Waals surface area contributed by atoms with E-state index in [1.807, 2.05) is 12.1 Å². The fourth-order valence-electron chi connectivity index (χ4n) is 1.75. The van der Waals surface area contributed by atoms with E-state index in [0.29, 0.717) is 0 Å². The predicted molar refractivity (Wildman–Crippen MR) is 69.8 cm³/mol. The molecule has 0 N–H and O–H groups in total. The predicted octanol–water partition coefficient (Wildman–Crippen LogP) is 4.45. The highest BCUT2D eigenvalue weighted by Gasteiger charge is 2.18. The van der Waals surface area contributed by atoms with E-state index in [-0.39, 0.29) is 5.54 Å². The Balaban J connectivity index is 2.60. The standard InChI is InChI=1S/C12H11Cl2Si/c1-9(15(13)14)11-8-4-6-10-5-2-3-7-12(10)11/h2-9H,1H3. The summed E-state index contributed by atoms with van der Waals surface area (Å²) in [5.74, 6) is 0. The molecule has 77 valence electrons. The van der Waals surface area contributed by atoms with Crippen LogP contribution in [-0.2, 0) is 0 Å². The largest absolute Gasteiger partial charge is 0.281 e. The van der Waals surface area contributed by atoms with Crippen molar-refractivity contribution >= 4 is 40.3 Å². The zero-order valence-electron chi connectivity index (χ0n) is 8.37. The van der Waals surface area contributed by atoms with Crippen LogP contribution in [0.2, 0.25) is 0 Å². The number of fused-ring (bicyclic) bond motifs is 1. The van der Waals surface area contributed by atoms with Crippen molar-refractivity contribution in [1.82, 2.24) is 0 Å². The molecule has 0 heterocycles. The second kappa shape index (κ2) is 4.56. The van der Waals surface area contributed by atoms with Gasteiger partial charge in [0.2, 0.25) is 0 Å². The SMILES string of the molecule is CC(c1cccc2ccccc12)[Si](Cl)Cl. The van der Waals surface area contributed by atoms with Gasteiger partial charge in [-0.1, -0.05) is 49.4 Å². The molecule has 15 heavy (non-hydrogen) atoms. The summed E-state index contributed by atoms with van der Waals surface area (Å²) in [7, 11) is -1.31. The minimum absolute atomic E-state index is 0.254. The summed E-state index contributed by atoms with van der Waals surface area (Å²) in [5, 5.41) is 2.51. The van der Waals surface area contributed by atoms with Gasteiger partial charge in [-0.25, -0.2) is 0 Å². The lowest BCUT2D eigenvalue weighted by molar-refractivity contribution is 1.09. The average Bonchev–Trinajstić information content (AvgIpc) is 2.27. The molecule has 2 aromatic carbocycles. The molecule has 0 spiro atoms. The highest BCUT2D eigenvalue weighted by atomic mass is 35.7. The van der Waals surface area contributed by atoms with Crippen molar-refractivity contribution in [2.75, 3.05) is 0 Å².